The molecule has 2 fully saturated rings. The van der Waals surface area contributed by atoms with Crippen LogP contribution in [0.1, 0.15) is 5.56 Å². The molecule has 4 rings (SSSR count). The van der Waals surface area contributed by atoms with E-state index in [1.54, 1.807) is 6.21 Å². The molecule has 0 amide bonds. The van der Waals surface area contributed by atoms with Crippen molar-refractivity contribution in [2.45, 2.75) is 0 Å². The van der Waals surface area contributed by atoms with E-state index in [0.717, 1.165) is 31.7 Å². The number of hydrogen-bond donors (Lipinski definition) is 1. The average Bonchev–Trinajstić information content (AvgIpc) is 2.85. The second-order valence-electron chi connectivity index (χ2n) is 7.69. The minimum atomic E-state index is 0.419. The fraction of sp³-hybridized carbons (Fsp3) is 0.455. The monoisotopic (exact) mass is 438 g/mol. The number of aromatic nitrogens is 3. The molecular formula is C22H30N8O2. The molecule has 0 aliphatic carbocycles. The second kappa shape index (κ2) is 10.9. The second-order valence-corrected chi connectivity index (χ2v) is 7.69. The maximum absolute atomic E-state index is 5.46. The number of benzene rings is 1. The Labute approximate surface area is 188 Å². The van der Waals surface area contributed by atoms with Gasteiger partial charge in [-0.25, -0.2) is 5.43 Å². The number of anilines is 4. The molecule has 0 radical (unpaired) electrons. The highest BCUT2D eigenvalue weighted by atomic mass is 16.5. The van der Waals surface area contributed by atoms with Crippen molar-refractivity contribution in [2.24, 2.45) is 5.10 Å². The molecule has 0 bridgehead atoms. The van der Waals surface area contributed by atoms with E-state index in [0.29, 0.717) is 44.3 Å². The first-order valence-electron chi connectivity index (χ1n) is 10.8. The number of hydrazone groups is 1. The van der Waals surface area contributed by atoms with Gasteiger partial charge in [0.15, 0.2) is 0 Å². The first kappa shape index (κ1) is 22.0. The minimum Gasteiger partial charge on any atom is -0.378 e. The fourth-order valence-electron chi connectivity index (χ4n) is 3.39. The van der Waals surface area contributed by atoms with Gasteiger partial charge in [0.2, 0.25) is 17.8 Å². The summed E-state index contributed by atoms with van der Waals surface area (Å²) in [7, 11) is 4.05. The summed E-state index contributed by atoms with van der Waals surface area (Å²) in [5.74, 6) is 1.70. The van der Waals surface area contributed by atoms with E-state index in [1.807, 2.05) is 26.2 Å². The lowest BCUT2D eigenvalue weighted by atomic mass is 10.2. The van der Waals surface area contributed by atoms with Crippen LogP contribution in [0.2, 0.25) is 0 Å². The van der Waals surface area contributed by atoms with E-state index in [-0.39, 0.29) is 0 Å². The highest BCUT2D eigenvalue weighted by Crippen LogP contribution is 2.19. The summed E-state index contributed by atoms with van der Waals surface area (Å²) in [6.45, 7) is 5.68. The Hall–Kier alpha value is -3.24. The number of hydrogen-bond acceptors (Lipinski definition) is 10. The summed E-state index contributed by atoms with van der Waals surface area (Å²) in [5, 5.41) is 4.27. The molecule has 2 aromatic rings. The molecule has 3 heterocycles. The van der Waals surface area contributed by atoms with Crippen molar-refractivity contribution in [3.8, 4) is 0 Å². The summed E-state index contributed by atoms with van der Waals surface area (Å²) >= 11 is 0. The molecule has 2 aliphatic rings. The van der Waals surface area contributed by atoms with E-state index in [2.05, 4.69) is 59.5 Å². The zero-order valence-corrected chi connectivity index (χ0v) is 18.6. The molecule has 10 heteroatoms. The van der Waals surface area contributed by atoms with Crippen LogP contribution in [0, 0.1) is 0 Å². The summed E-state index contributed by atoms with van der Waals surface area (Å²) in [4.78, 5) is 20.1. The normalized spacial score (nSPS) is 17.3. The van der Waals surface area contributed by atoms with Crippen molar-refractivity contribution < 1.29 is 9.47 Å². The van der Waals surface area contributed by atoms with Crippen LogP contribution in [0.4, 0.5) is 23.5 Å². The van der Waals surface area contributed by atoms with Crippen molar-refractivity contribution in [1.82, 2.24) is 15.0 Å². The van der Waals surface area contributed by atoms with Gasteiger partial charge in [0.1, 0.15) is 0 Å². The lowest BCUT2D eigenvalue weighted by Crippen LogP contribution is -2.40. The van der Waals surface area contributed by atoms with Gasteiger partial charge in [-0.15, -0.1) is 0 Å². The number of morpholine rings is 2. The van der Waals surface area contributed by atoms with Crippen molar-refractivity contribution in [3.05, 3.63) is 35.9 Å². The maximum Gasteiger partial charge on any atom is 0.250 e. The Morgan fingerprint density at radius 3 is 1.97 bits per heavy atom. The Balaban J connectivity index is 1.44. The third-order valence-electron chi connectivity index (χ3n) is 5.22. The quantitative estimate of drug-likeness (QED) is 0.512. The van der Waals surface area contributed by atoms with Gasteiger partial charge in [-0.2, -0.15) is 20.1 Å². The SMILES string of the molecule is CN(C)c1ccc(/C=C\C=NNc2nc(N3CCOCC3)nc(N3CCOCC3)n2)cc1. The van der Waals surface area contributed by atoms with Crippen LogP contribution in [0.25, 0.3) is 6.08 Å². The van der Waals surface area contributed by atoms with Crippen molar-refractivity contribution >= 4 is 35.8 Å². The lowest BCUT2D eigenvalue weighted by molar-refractivity contribution is 0.121. The Morgan fingerprint density at radius 1 is 0.875 bits per heavy atom. The number of allylic oxidation sites excluding steroid dienone is 1. The van der Waals surface area contributed by atoms with Gasteiger partial charge in [-0.3, -0.25) is 0 Å². The number of nitrogens with one attached hydrogen (secondary N) is 1. The van der Waals surface area contributed by atoms with E-state index >= 15 is 0 Å². The molecule has 2 aliphatic heterocycles. The van der Waals surface area contributed by atoms with Crippen LogP contribution < -0.4 is 20.1 Å². The largest absolute Gasteiger partial charge is 0.378 e. The van der Waals surface area contributed by atoms with E-state index in [9.17, 15) is 0 Å². The van der Waals surface area contributed by atoms with Crippen LogP contribution in [0.15, 0.2) is 35.4 Å². The first-order chi connectivity index (χ1) is 15.7. The van der Waals surface area contributed by atoms with Gasteiger partial charge in [0.05, 0.1) is 26.4 Å². The number of nitrogens with zero attached hydrogens (tertiary/aromatic N) is 7. The molecule has 1 aromatic heterocycles. The Bertz CT molecular complexity index is 884. The zero-order valence-electron chi connectivity index (χ0n) is 18.6. The molecule has 0 spiro atoms. The predicted octanol–water partition coefficient (Wildman–Crippen LogP) is 1.72. The Kier molecular flexibility index (Phi) is 7.47. The van der Waals surface area contributed by atoms with Crippen LogP contribution in [-0.4, -0.2) is 87.9 Å². The molecular weight excluding hydrogens is 408 g/mol. The van der Waals surface area contributed by atoms with Crippen LogP contribution in [-0.2, 0) is 9.47 Å². The highest BCUT2D eigenvalue weighted by Gasteiger charge is 2.20. The summed E-state index contributed by atoms with van der Waals surface area (Å²) in [6.07, 6.45) is 5.56. The summed E-state index contributed by atoms with van der Waals surface area (Å²) < 4.78 is 10.9. The van der Waals surface area contributed by atoms with Gasteiger partial charge >= 0.3 is 0 Å². The molecule has 0 unspecified atom stereocenters. The molecule has 170 valence electrons. The van der Waals surface area contributed by atoms with Gasteiger partial charge in [0, 0.05) is 52.2 Å². The van der Waals surface area contributed by atoms with Gasteiger partial charge < -0.3 is 24.2 Å². The topological polar surface area (TPSA) is 91.2 Å². The molecule has 1 aromatic carbocycles. The summed E-state index contributed by atoms with van der Waals surface area (Å²) in [6, 6.07) is 8.31. The number of ether oxygens (including phenoxy) is 2. The van der Waals surface area contributed by atoms with Crippen LogP contribution >= 0.6 is 0 Å². The van der Waals surface area contributed by atoms with E-state index in [4.69, 9.17) is 14.5 Å². The van der Waals surface area contributed by atoms with Crippen molar-refractivity contribution in [2.75, 3.05) is 86.8 Å². The van der Waals surface area contributed by atoms with Crippen LogP contribution in [0.5, 0.6) is 0 Å². The minimum absolute atomic E-state index is 0.419. The maximum atomic E-state index is 5.46. The molecule has 1 N–H and O–H groups in total. The number of rotatable bonds is 7. The van der Waals surface area contributed by atoms with Gasteiger partial charge in [0.25, 0.3) is 0 Å². The molecule has 0 saturated carbocycles. The van der Waals surface area contributed by atoms with Crippen LogP contribution in [0.3, 0.4) is 0 Å². The fourth-order valence-corrected chi connectivity index (χ4v) is 3.39. The van der Waals surface area contributed by atoms with Gasteiger partial charge in [-0.05, 0) is 23.8 Å². The third-order valence-corrected chi connectivity index (χ3v) is 5.22. The Morgan fingerprint density at radius 2 is 1.44 bits per heavy atom. The molecule has 32 heavy (non-hydrogen) atoms. The van der Waals surface area contributed by atoms with Gasteiger partial charge in [-0.1, -0.05) is 18.2 Å². The average molecular weight is 439 g/mol. The van der Waals surface area contributed by atoms with E-state index < -0.39 is 0 Å². The third kappa shape index (κ3) is 5.92. The van der Waals surface area contributed by atoms with Crippen molar-refractivity contribution in [1.29, 1.82) is 0 Å². The predicted molar refractivity (Wildman–Crippen MR) is 128 cm³/mol. The van der Waals surface area contributed by atoms with E-state index in [1.165, 1.54) is 5.69 Å². The molecule has 2 saturated heterocycles. The highest BCUT2D eigenvalue weighted by molar-refractivity contribution is 5.78. The lowest BCUT2D eigenvalue weighted by Gasteiger charge is -2.30. The molecule has 0 atom stereocenters. The first-order valence-corrected chi connectivity index (χ1v) is 10.8. The zero-order chi connectivity index (χ0) is 22.2. The molecule has 10 nitrogen and oxygen atoms in total. The summed E-state index contributed by atoms with van der Waals surface area (Å²) in [5.41, 5.74) is 5.22. The smallest absolute Gasteiger partial charge is 0.250 e. The standard InChI is InChI=1S/C22H30N8O2/c1-28(2)19-7-5-18(6-8-19)4-3-9-23-27-20-24-21(29-10-14-31-15-11-29)26-22(25-20)30-12-16-32-17-13-30/h3-9H,10-17H2,1-2H3,(H,24,25,26,27)/b4-3-,23-9?. The van der Waals surface area contributed by atoms with Crippen molar-refractivity contribution in [3.63, 3.8) is 0 Å².